The molecular weight excluding hydrogens is 329 g/mol. The number of benzene rings is 1. The van der Waals surface area contributed by atoms with E-state index in [0.717, 1.165) is 22.0 Å². The highest BCUT2D eigenvalue weighted by Crippen LogP contribution is 2.25. The first kappa shape index (κ1) is 14.7. The van der Waals surface area contributed by atoms with Crippen molar-refractivity contribution >= 4 is 11.3 Å². The van der Waals surface area contributed by atoms with E-state index in [1.54, 1.807) is 12.4 Å². The maximum absolute atomic E-state index is 13.3. The normalized spacial score (nSPS) is 11.1. The van der Waals surface area contributed by atoms with Gasteiger partial charge in [0, 0.05) is 16.6 Å². The molecule has 0 saturated heterocycles. The highest BCUT2D eigenvalue weighted by molar-refractivity contribution is 7.13. The maximum atomic E-state index is 13.3. The predicted molar refractivity (Wildman–Crippen MR) is 86.9 cm³/mol. The van der Waals surface area contributed by atoms with Gasteiger partial charge >= 0.3 is 0 Å². The number of nitrogens with zero attached hydrogens (tertiary/aromatic N) is 4. The monoisotopic (exact) mass is 341 g/mol. The van der Waals surface area contributed by atoms with Crippen molar-refractivity contribution in [1.82, 2.24) is 25.1 Å². The van der Waals surface area contributed by atoms with Gasteiger partial charge in [0.2, 0.25) is 11.7 Å². The molecule has 6 nitrogen and oxygen atoms in total. The summed E-state index contributed by atoms with van der Waals surface area (Å²) in [4.78, 5) is 16.0. The number of thiazole rings is 1. The zero-order valence-corrected chi connectivity index (χ0v) is 13.5. The second-order valence-corrected chi connectivity index (χ2v) is 6.08. The van der Waals surface area contributed by atoms with Crippen LogP contribution in [0.1, 0.15) is 17.3 Å². The summed E-state index contributed by atoms with van der Waals surface area (Å²) in [6, 6.07) is 6.38. The van der Waals surface area contributed by atoms with Gasteiger partial charge in [-0.3, -0.25) is 0 Å². The molecule has 4 aromatic rings. The third kappa shape index (κ3) is 2.83. The molecule has 0 radical (unpaired) electrons. The first-order valence-electron chi connectivity index (χ1n) is 7.22. The lowest BCUT2D eigenvalue weighted by Gasteiger charge is -1.95. The number of halogens is 1. The van der Waals surface area contributed by atoms with E-state index in [1.807, 2.05) is 18.4 Å². The van der Waals surface area contributed by atoms with Gasteiger partial charge in [-0.05, 0) is 19.1 Å². The molecule has 0 spiro atoms. The van der Waals surface area contributed by atoms with E-state index < -0.39 is 0 Å². The van der Waals surface area contributed by atoms with Gasteiger partial charge in [-0.25, -0.2) is 14.4 Å². The van der Waals surface area contributed by atoms with Crippen LogP contribution in [0.4, 0.5) is 4.39 Å². The van der Waals surface area contributed by atoms with Crippen molar-refractivity contribution < 1.29 is 8.91 Å². The molecule has 0 amide bonds. The van der Waals surface area contributed by atoms with Crippen LogP contribution in [0.3, 0.4) is 0 Å². The number of hydrogen-bond donors (Lipinski definition) is 1. The number of aryl methyl sites for hydroxylation is 1. The quantitative estimate of drug-likeness (QED) is 0.613. The molecule has 0 fully saturated rings. The average molecular weight is 341 g/mol. The summed E-state index contributed by atoms with van der Waals surface area (Å²) in [7, 11) is 0. The zero-order chi connectivity index (χ0) is 16.5. The van der Waals surface area contributed by atoms with E-state index in [1.165, 1.54) is 23.5 Å². The maximum Gasteiger partial charge on any atom is 0.233 e. The van der Waals surface area contributed by atoms with E-state index in [4.69, 9.17) is 4.52 Å². The van der Waals surface area contributed by atoms with Crippen LogP contribution in [-0.2, 0) is 6.42 Å². The third-order valence-corrected chi connectivity index (χ3v) is 4.41. The molecule has 1 aromatic carbocycles. The largest absolute Gasteiger partial charge is 0.348 e. The highest BCUT2D eigenvalue weighted by atomic mass is 32.1. The number of aromatic amines is 1. The van der Waals surface area contributed by atoms with E-state index in [2.05, 4.69) is 25.1 Å². The van der Waals surface area contributed by atoms with Gasteiger partial charge in [-0.2, -0.15) is 4.98 Å². The summed E-state index contributed by atoms with van der Waals surface area (Å²) in [6.45, 7) is 1.89. The molecule has 0 aliphatic carbocycles. The van der Waals surface area contributed by atoms with Crippen LogP contribution in [0.5, 0.6) is 0 Å². The molecule has 8 heteroatoms. The summed E-state index contributed by atoms with van der Waals surface area (Å²) in [6.07, 6.45) is 2.01. The Balaban J connectivity index is 1.55. The molecule has 24 heavy (non-hydrogen) atoms. The smallest absolute Gasteiger partial charge is 0.233 e. The average Bonchev–Trinajstić information content (AvgIpc) is 3.29. The Morgan fingerprint density at radius 3 is 3.00 bits per heavy atom. The van der Waals surface area contributed by atoms with Gasteiger partial charge in [0.1, 0.15) is 16.5 Å². The Morgan fingerprint density at radius 1 is 1.29 bits per heavy atom. The van der Waals surface area contributed by atoms with E-state index >= 15 is 0 Å². The van der Waals surface area contributed by atoms with E-state index in [0.29, 0.717) is 23.8 Å². The van der Waals surface area contributed by atoms with Crippen molar-refractivity contribution in [2.75, 3.05) is 0 Å². The lowest BCUT2D eigenvalue weighted by molar-refractivity contribution is 0.385. The molecule has 0 saturated carbocycles. The van der Waals surface area contributed by atoms with Crippen molar-refractivity contribution in [2.24, 2.45) is 0 Å². The lowest BCUT2D eigenvalue weighted by atomic mass is 10.2. The van der Waals surface area contributed by atoms with E-state index in [9.17, 15) is 4.39 Å². The fourth-order valence-corrected chi connectivity index (χ4v) is 3.12. The number of hydrogen-bond acceptors (Lipinski definition) is 6. The fourth-order valence-electron chi connectivity index (χ4n) is 2.30. The highest BCUT2D eigenvalue weighted by Gasteiger charge is 2.15. The van der Waals surface area contributed by atoms with Crippen LogP contribution in [0.2, 0.25) is 0 Å². The Morgan fingerprint density at radius 2 is 2.21 bits per heavy atom. The molecule has 0 aliphatic heterocycles. The molecule has 120 valence electrons. The molecule has 0 atom stereocenters. The molecule has 0 aliphatic rings. The Labute approximate surface area is 140 Å². The Bertz CT molecular complexity index is 990. The topological polar surface area (TPSA) is 80.5 Å². The number of rotatable bonds is 4. The SMILES string of the molecule is Cc1[nH]cnc1-c1noc(Cc2csc(-c3cccc(F)c3)n2)n1. The van der Waals surface area contributed by atoms with Crippen molar-refractivity contribution in [2.45, 2.75) is 13.3 Å². The van der Waals surface area contributed by atoms with Gasteiger partial charge in [-0.1, -0.05) is 17.3 Å². The number of imidazole rings is 1. The summed E-state index contributed by atoms with van der Waals surface area (Å²) < 4.78 is 18.6. The fraction of sp³-hybridized carbons (Fsp3) is 0.125. The van der Waals surface area contributed by atoms with Crippen LogP contribution >= 0.6 is 11.3 Å². The Kier molecular flexibility index (Phi) is 3.66. The first-order chi connectivity index (χ1) is 11.7. The third-order valence-electron chi connectivity index (χ3n) is 3.47. The second kappa shape index (κ2) is 5.97. The summed E-state index contributed by atoms with van der Waals surface area (Å²) in [5.74, 6) is 0.632. The summed E-state index contributed by atoms with van der Waals surface area (Å²) >= 11 is 1.45. The van der Waals surface area contributed by atoms with Crippen LogP contribution < -0.4 is 0 Å². The predicted octanol–water partition coefficient (Wildman–Crippen LogP) is 3.62. The van der Waals surface area contributed by atoms with Gasteiger partial charge < -0.3 is 9.51 Å². The Hall–Kier alpha value is -2.87. The first-order valence-corrected chi connectivity index (χ1v) is 8.10. The summed E-state index contributed by atoms with van der Waals surface area (Å²) in [5, 5.41) is 6.61. The number of H-pyrrole nitrogens is 1. The standard InChI is InChI=1S/C16H12FN5OS/c1-9-14(19-8-18-9)15-21-13(23-22-15)6-12-7-24-16(20-12)10-3-2-4-11(17)5-10/h2-5,7-8H,6H2,1H3,(H,18,19). The van der Waals surface area contributed by atoms with Crippen LogP contribution in [0.25, 0.3) is 22.1 Å². The van der Waals surface area contributed by atoms with Crippen molar-refractivity contribution in [3.8, 4) is 22.1 Å². The molecule has 3 aromatic heterocycles. The molecule has 1 N–H and O–H groups in total. The van der Waals surface area contributed by atoms with Crippen molar-refractivity contribution in [3.05, 3.63) is 59.1 Å². The van der Waals surface area contributed by atoms with Gasteiger partial charge in [0.15, 0.2) is 0 Å². The van der Waals surface area contributed by atoms with Crippen LogP contribution in [0, 0.1) is 12.7 Å². The molecular formula is C16H12FN5OS. The number of aromatic nitrogens is 5. The molecule has 3 heterocycles. The van der Waals surface area contributed by atoms with Gasteiger partial charge in [-0.15, -0.1) is 11.3 Å². The van der Waals surface area contributed by atoms with E-state index in [-0.39, 0.29) is 5.82 Å². The second-order valence-electron chi connectivity index (χ2n) is 5.22. The molecule has 0 unspecified atom stereocenters. The van der Waals surface area contributed by atoms with Crippen molar-refractivity contribution in [3.63, 3.8) is 0 Å². The van der Waals surface area contributed by atoms with Gasteiger partial charge in [0.05, 0.1) is 18.4 Å². The molecule has 0 bridgehead atoms. The minimum absolute atomic E-state index is 0.278. The van der Waals surface area contributed by atoms with Crippen LogP contribution in [-0.4, -0.2) is 25.1 Å². The van der Waals surface area contributed by atoms with Crippen LogP contribution in [0.15, 0.2) is 40.5 Å². The minimum Gasteiger partial charge on any atom is -0.348 e. The molecule has 4 rings (SSSR count). The zero-order valence-electron chi connectivity index (χ0n) is 12.7. The van der Waals surface area contributed by atoms with Gasteiger partial charge in [0.25, 0.3) is 0 Å². The lowest BCUT2D eigenvalue weighted by Crippen LogP contribution is -1.90. The summed E-state index contributed by atoms with van der Waals surface area (Å²) in [5.41, 5.74) is 3.10. The number of nitrogens with one attached hydrogen (secondary N) is 1. The minimum atomic E-state index is -0.278. The van der Waals surface area contributed by atoms with Crippen molar-refractivity contribution in [1.29, 1.82) is 0 Å².